The predicted molar refractivity (Wildman–Crippen MR) is 221 cm³/mol. The quantitative estimate of drug-likeness (QED) is 0.152. The number of hydrogen-bond donors (Lipinski definition) is 2. The molecule has 4 atom stereocenters. The molecule has 21 heteroatoms. The molecular formula is C42H48F4N12O5. The first-order valence-electron chi connectivity index (χ1n) is 21.5. The Labute approximate surface area is 357 Å². The highest BCUT2D eigenvalue weighted by Gasteiger charge is 2.48. The smallest absolute Gasteiger partial charge is 0.329 e. The minimum Gasteiger partial charge on any atom is -0.374 e. The number of carbonyl (C=O) groups is 3. The van der Waals surface area contributed by atoms with Crippen LogP contribution in [0.4, 0.5) is 34.8 Å². The van der Waals surface area contributed by atoms with Gasteiger partial charge >= 0.3 is 5.69 Å². The van der Waals surface area contributed by atoms with Crippen LogP contribution in [0, 0.1) is 5.92 Å². The summed E-state index contributed by atoms with van der Waals surface area (Å²) in [5.74, 6) is -3.93. The van der Waals surface area contributed by atoms with Gasteiger partial charge in [-0.2, -0.15) is 10.2 Å². The van der Waals surface area contributed by atoms with Crippen molar-refractivity contribution in [2.45, 2.75) is 94.0 Å². The van der Waals surface area contributed by atoms with Crippen molar-refractivity contribution >= 4 is 51.6 Å². The summed E-state index contributed by atoms with van der Waals surface area (Å²) in [7, 11) is 3.27. The van der Waals surface area contributed by atoms with Crippen LogP contribution in [0.5, 0.6) is 0 Å². The molecule has 4 saturated heterocycles. The Morgan fingerprint density at radius 2 is 1.89 bits per heavy atom. The fourth-order valence-electron chi connectivity index (χ4n) is 10.6. The number of morpholine rings is 1. The summed E-state index contributed by atoms with van der Waals surface area (Å²) in [6, 6.07) is 4.97. The molecule has 5 fully saturated rings. The lowest BCUT2D eigenvalue weighted by molar-refractivity contribution is -0.135. The molecule has 17 nitrogen and oxygen atoms in total. The van der Waals surface area contributed by atoms with E-state index in [1.54, 1.807) is 48.3 Å². The molecule has 1 aliphatic carbocycles. The number of imidazole rings is 1. The van der Waals surface area contributed by atoms with Crippen molar-refractivity contribution in [3.63, 3.8) is 0 Å². The standard InChI is InChI=1S/C42H48F4N12O5/c1-52(32-12-14-54(22-42(32,45)46)29-4-3-5-30-36(29)53(2)41(62)58(30)31-10-11-34(59)50-40(31)61)18-23-6-8-24(9-7-23)57-20-28(35(51-57)37(43)44)48-39(60)27-17-47-56-15-13-33(49-38(27)56)55-19-26-16-25(55)21-63-26/h3-5,13,15,17,20,23-26,31-32,37H,6-12,14,16,18-19,21-22H2,1-2H3,(H,48,60)(H,50,59,61)/t23?,24?,25-,26-,31?,32?/m0/s1. The molecule has 1 aromatic carbocycles. The van der Waals surface area contributed by atoms with Gasteiger partial charge in [0.05, 0.1) is 66.0 Å². The third kappa shape index (κ3) is 7.31. The van der Waals surface area contributed by atoms with E-state index in [1.807, 2.05) is 6.07 Å². The van der Waals surface area contributed by atoms with Crippen LogP contribution in [0.25, 0.3) is 16.7 Å². The Bertz CT molecular complexity index is 2670. The van der Waals surface area contributed by atoms with E-state index in [-0.39, 0.29) is 54.6 Å². The van der Waals surface area contributed by atoms with Crippen molar-refractivity contribution in [1.29, 1.82) is 0 Å². The maximum Gasteiger partial charge on any atom is 0.329 e. The fraction of sp³-hybridized carbons (Fsp3) is 0.548. The zero-order chi connectivity index (χ0) is 43.9. The first-order valence-corrected chi connectivity index (χ1v) is 21.5. The van der Waals surface area contributed by atoms with Gasteiger partial charge in [-0.1, -0.05) is 6.07 Å². The first-order chi connectivity index (χ1) is 30.2. The van der Waals surface area contributed by atoms with E-state index < -0.39 is 60.1 Å². The first kappa shape index (κ1) is 41.2. The van der Waals surface area contributed by atoms with E-state index >= 15 is 8.78 Å². The van der Waals surface area contributed by atoms with Crippen LogP contribution < -0.4 is 26.1 Å². The average molecular weight is 877 g/mol. The second kappa shape index (κ2) is 15.8. The van der Waals surface area contributed by atoms with Crippen molar-refractivity contribution < 1.29 is 36.7 Å². The minimum absolute atomic E-state index is 0.0878. The number of aryl methyl sites for hydroxylation is 1. The molecule has 3 amide bonds. The molecule has 8 heterocycles. The SMILES string of the molecule is CN(CC1CCC(n2cc(NC(=O)c3cnn4ccc(N5C[C@@H]6C[C@H]5CO6)nc34)c(C(F)F)n2)CC1)C1CCN(c2cccc3c2n(C)c(=O)n3C2CCC(=O)NC2=O)CC1(F)F. The van der Waals surface area contributed by atoms with Gasteiger partial charge in [0.25, 0.3) is 18.3 Å². The van der Waals surface area contributed by atoms with E-state index in [4.69, 9.17) is 9.72 Å². The van der Waals surface area contributed by atoms with Gasteiger partial charge in [-0.25, -0.2) is 31.9 Å². The number of piperidine rings is 2. The van der Waals surface area contributed by atoms with Crippen LogP contribution in [0.15, 0.2) is 47.7 Å². The Morgan fingerprint density at radius 3 is 2.60 bits per heavy atom. The molecule has 4 aromatic heterocycles. The van der Waals surface area contributed by atoms with Crippen LogP contribution >= 0.6 is 0 Å². The second-order valence-electron chi connectivity index (χ2n) is 17.7. The van der Waals surface area contributed by atoms with Crippen LogP contribution in [0.2, 0.25) is 0 Å². The van der Waals surface area contributed by atoms with Crippen LogP contribution in [-0.2, 0) is 21.4 Å². The van der Waals surface area contributed by atoms with Crippen molar-refractivity contribution in [2.75, 3.05) is 55.0 Å². The van der Waals surface area contributed by atoms with Crippen LogP contribution in [-0.4, -0.2) is 120 Å². The molecule has 0 spiro atoms. The number of alkyl halides is 4. The minimum atomic E-state index is -3.11. The summed E-state index contributed by atoms with van der Waals surface area (Å²) < 4.78 is 72.4. The molecule has 63 heavy (non-hydrogen) atoms. The number of ether oxygens (including phenoxy) is 1. The molecule has 0 radical (unpaired) electrons. The normalized spacial score (nSPS) is 26.2. The van der Waals surface area contributed by atoms with E-state index in [0.717, 1.165) is 6.42 Å². The number of anilines is 3. The summed E-state index contributed by atoms with van der Waals surface area (Å²) in [4.78, 5) is 61.7. The number of rotatable bonds is 10. The second-order valence-corrected chi connectivity index (χ2v) is 17.7. The lowest BCUT2D eigenvalue weighted by Crippen LogP contribution is -2.58. The van der Waals surface area contributed by atoms with E-state index in [2.05, 4.69) is 25.7 Å². The highest BCUT2D eigenvalue weighted by atomic mass is 19.3. The number of aromatic nitrogens is 7. The van der Waals surface area contributed by atoms with Gasteiger partial charge < -0.3 is 19.9 Å². The van der Waals surface area contributed by atoms with Crippen LogP contribution in [0.1, 0.15) is 85.9 Å². The number of benzene rings is 1. The number of nitrogens with one attached hydrogen (secondary N) is 2. The molecule has 334 valence electrons. The molecule has 10 rings (SSSR count). The highest BCUT2D eigenvalue weighted by molar-refractivity contribution is 6.08. The van der Waals surface area contributed by atoms with Crippen molar-refractivity contribution in [3.8, 4) is 0 Å². The van der Waals surface area contributed by atoms with Crippen molar-refractivity contribution in [2.24, 2.45) is 13.0 Å². The molecule has 5 aliphatic rings. The fourth-order valence-corrected chi connectivity index (χ4v) is 10.6. The number of amides is 3. The summed E-state index contributed by atoms with van der Waals surface area (Å²) in [5, 5.41) is 13.4. The predicted octanol–water partition coefficient (Wildman–Crippen LogP) is 4.30. The van der Waals surface area contributed by atoms with E-state index in [0.29, 0.717) is 80.1 Å². The van der Waals surface area contributed by atoms with E-state index in [1.165, 1.54) is 30.7 Å². The topological polar surface area (TPSA) is 169 Å². The molecule has 2 bridgehead atoms. The number of carbonyl (C=O) groups excluding carboxylic acids is 3. The van der Waals surface area contributed by atoms with Crippen molar-refractivity contribution in [3.05, 3.63) is 64.6 Å². The lowest BCUT2D eigenvalue weighted by atomic mass is 9.85. The van der Waals surface area contributed by atoms with Gasteiger partial charge in [0.1, 0.15) is 17.4 Å². The van der Waals surface area contributed by atoms with Crippen molar-refractivity contribution in [1.82, 2.24) is 43.7 Å². The van der Waals surface area contributed by atoms with Gasteiger partial charge in [-0.15, -0.1) is 0 Å². The summed E-state index contributed by atoms with van der Waals surface area (Å²) in [5.41, 5.74) is 0.678. The molecule has 1 saturated carbocycles. The summed E-state index contributed by atoms with van der Waals surface area (Å²) in [6.07, 6.45) is 5.59. The summed E-state index contributed by atoms with van der Waals surface area (Å²) in [6.45, 7) is 1.48. The van der Waals surface area contributed by atoms with Gasteiger partial charge in [0.15, 0.2) is 11.3 Å². The number of halogens is 4. The Morgan fingerprint density at radius 1 is 1.08 bits per heavy atom. The Balaban J connectivity index is 0.772. The van der Waals surface area contributed by atoms with Gasteiger partial charge in [-0.05, 0) is 76.1 Å². The largest absolute Gasteiger partial charge is 0.374 e. The maximum absolute atomic E-state index is 16.2. The maximum atomic E-state index is 16.2. The molecule has 2 unspecified atom stereocenters. The Kier molecular flexibility index (Phi) is 10.3. The summed E-state index contributed by atoms with van der Waals surface area (Å²) >= 11 is 0. The number of fused-ring (bicyclic) bond motifs is 4. The number of hydrogen-bond acceptors (Lipinski definition) is 11. The molecule has 4 aliphatic heterocycles. The lowest BCUT2D eigenvalue weighted by Gasteiger charge is -2.44. The molecule has 5 aromatic rings. The van der Waals surface area contributed by atoms with Gasteiger partial charge in [0.2, 0.25) is 11.8 Å². The van der Waals surface area contributed by atoms with Gasteiger partial charge in [0, 0.05) is 45.5 Å². The molecular weight excluding hydrogens is 829 g/mol. The number of para-hydroxylation sites is 1. The number of nitrogens with zero attached hydrogens (tertiary/aromatic N) is 10. The zero-order valence-corrected chi connectivity index (χ0v) is 34.8. The average Bonchev–Trinajstić information content (AvgIpc) is 4.11. The van der Waals surface area contributed by atoms with Gasteiger partial charge in [-0.3, -0.25) is 38.4 Å². The zero-order valence-electron chi connectivity index (χ0n) is 34.8. The highest BCUT2D eigenvalue weighted by Crippen LogP contribution is 2.40. The monoisotopic (exact) mass is 876 g/mol. The molecule has 2 N–H and O–H groups in total. The van der Waals surface area contributed by atoms with E-state index in [9.17, 15) is 28.0 Å². The third-order valence-electron chi connectivity index (χ3n) is 13.8. The third-order valence-corrected chi connectivity index (χ3v) is 13.8. The number of imide groups is 1. The van der Waals surface area contributed by atoms with Crippen LogP contribution in [0.3, 0.4) is 0 Å². The Hall–Kier alpha value is -5.83.